The Morgan fingerprint density at radius 1 is 1.03 bits per heavy atom. The molecule has 1 amide bonds. The zero-order valence-electron chi connectivity index (χ0n) is 15.2. The maximum atomic E-state index is 14.1. The zero-order chi connectivity index (χ0) is 21.5. The van der Waals surface area contributed by atoms with Crippen LogP contribution in [0.4, 0.5) is 20.2 Å². The zero-order valence-corrected chi connectivity index (χ0v) is 16.8. The van der Waals surface area contributed by atoms with E-state index in [9.17, 15) is 22.0 Å². The molecule has 0 atom stereocenters. The molecule has 154 valence electrons. The lowest BCUT2D eigenvalue weighted by Gasteiger charge is -2.20. The molecule has 2 N–H and O–H groups in total. The first-order valence-corrected chi connectivity index (χ1v) is 10.5. The summed E-state index contributed by atoms with van der Waals surface area (Å²) in [5.41, 5.74) is 3.44. The van der Waals surface area contributed by atoms with Gasteiger partial charge in [-0.1, -0.05) is 35.9 Å². The van der Waals surface area contributed by atoms with Gasteiger partial charge in [0.25, 0.3) is 15.9 Å². The van der Waals surface area contributed by atoms with E-state index in [1.54, 1.807) is 12.1 Å². The minimum Gasteiger partial charge on any atom is -0.322 e. The van der Waals surface area contributed by atoms with Crippen LogP contribution in [0.5, 0.6) is 0 Å². The number of halogens is 3. The van der Waals surface area contributed by atoms with Crippen LogP contribution in [0.3, 0.4) is 0 Å². The van der Waals surface area contributed by atoms with Crippen LogP contribution in [0.2, 0.25) is 5.02 Å². The van der Waals surface area contributed by atoms with Gasteiger partial charge >= 0.3 is 0 Å². The highest BCUT2D eigenvalue weighted by Gasteiger charge is 2.33. The molecule has 0 radical (unpaired) electrons. The molecule has 6 nitrogen and oxygen atoms in total. The van der Waals surface area contributed by atoms with E-state index in [4.69, 9.17) is 11.6 Å². The fourth-order valence-electron chi connectivity index (χ4n) is 3.10. The predicted molar refractivity (Wildman–Crippen MR) is 109 cm³/mol. The Hall–Kier alpha value is -3.01. The first-order chi connectivity index (χ1) is 14.3. The van der Waals surface area contributed by atoms with Gasteiger partial charge in [0.05, 0.1) is 16.3 Å². The van der Waals surface area contributed by atoms with Crippen molar-refractivity contribution in [2.75, 3.05) is 9.73 Å². The maximum absolute atomic E-state index is 14.1. The molecule has 0 saturated carbocycles. The lowest BCUT2D eigenvalue weighted by molar-refractivity contribution is 0.102. The van der Waals surface area contributed by atoms with Crippen LogP contribution in [0, 0.1) is 11.6 Å². The van der Waals surface area contributed by atoms with Gasteiger partial charge in [-0.15, -0.1) is 0 Å². The summed E-state index contributed by atoms with van der Waals surface area (Å²) in [7, 11) is -4.24. The van der Waals surface area contributed by atoms with Gasteiger partial charge in [0.15, 0.2) is 0 Å². The highest BCUT2D eigenvalue weighted by Crippen LogP contribution is 2.33. The van der Waals surface area contributed by atoms with Crippen LogP contribution in [-0.4, -0.2) is 14.3 Å². The van der Waals surface area contributed by atoms with Gasteiger partial charge in [-0.2, -0.15) is 12.8 Å². The normalized spacial score (nSPS) is 13.2. The molecule has 1 aliphatic heterocycles. The number of amides is 1. The van der Waals surface area contributed by atoms with Gasteiger partial charge in [0.2, 0.25) is 0 Å². The number of hydrogen-bond acceptors (Lipinski definition) is 4. The third kappa shape index (κ3) is 3.51. The number of fused-ring (bicyclic) bond motifs is 1. The maximum Gasteiger partial charge on any atom is 0.280 e. The molecule has 0 aromatic heterocycles. The summed E-state index contributed by atoms with van der Waals surface area (Å²) in [4.78, 5) is 12.0. The van der Waals surface area contributed by atoms with E-state index in [0.717, 1.165) is 22.6 Å². The number of carbonyl (C=O) groups excluding carboxylic acids is 1. The molecule has 1 heterocycles. The van der Waals surface area contributed by atoms with Gasteiger partial charge < -0.3 is 5.32 Å². The first kappa shape index (κ1) is 20.3. The van der Waals surface area contributed by atoms with E-state index in [0.29, 0.717) is 5.56 Å². The minimum atomic E-state index is -4.24. The number of nitrogens with zero attached hydrogens (tertiary/aromatic N) is 1. The number of hydrogen-bond donors (Lipinski definition) is 2. The predicted octanol–water partition coefficient (Wildman–Crippen LogP) is 4.08. The molecule has 3 aromatic rings. The molecule has 0 fully saturated rings. The average molecular weight is 450 g/mol. The Labute approximate surface area is 176 Å². The number of nitrogens with one attached hydrogen (secondary N) is 2. The van der Waals surface area contributed by atoms with Crippen molar-refractivity contribution in [3.05, 3.63) is 88.4 Å². The Kier molecular flexibility index (Phi) is 5.19. The summed E-state index contributed by atoms with van der Waals surface area (Å²) in [5.74, 6) is -2.45. The second kappa shape index (κ2) is 7.67. The molecule has 3 aromatic carbocycles. The summed E-state index contributed by atoms with van der Waals surface area (Å²) in [6, 6.07) is 13.5. The van der Waals surface area contributed by atoms with Crippen molar-refractivity contribution in [3.63, 3.8) is 0 Å². The lowest BCUT2D eigenvalue weighted by atomic mass is 10.1. The monoisotopic (exact) mass is 449 g/mol. The van der Waals surface area contributed by atoms with Crippen molar-refractivity contribution < 1.29 is 22.0 Å². The van der Waals surface area contributed by atoms with Crippen molar-refractivity contribution in [2.24, 2.45) is 0 Å². The summed E-state index contributed by atoms with van der Waals surface area (Å²) >= 11 is 5.92. The van der Waals surface area contributed by atoms with Crippen LogP contribution in [0.25, 0.3) is 0 Å². The smallest absolute Gasteiger partial charge is 0.280 e. The van der Waals surface area contributed by atoms with Crippen LogP contribution >= 0.6 is 11.6 Å². The molecular weight excluding hydrogens is 436 g/mol. The standard InChI is InChI=1S/C20H14ClF2N3O3S/c21-14-4-3-6-16(23)19(14)20(27)25-13-9-8-12-11-24-26(17(12)10-13)30(28,29)18-7-2-1-5-15(18)22/h1-10,24H,11H2,(H,25,27). The van der Waals surface area contributed by atoms with Crippen LogP contribution in [0.1, 0.15) is 15.9 Å². The van der Waals surface area contributed by atoms with Crippen molar-refractivity contribution >= 4 is 38.9 Å². The Balaban J connectivity index is 1.67. The van der Waals surface area contributed by atoms with E-state index >= 15 is 0 Å². The van der Waals surface area contributed by atoms with Crippen molar-refractivity contribution in [1.29, 1.82) is 0 Å². The largest absolute Gasteiger partial charge is 0.322 e. The van der Waals surface area contributed by atoms with Crippen molar-refractivity contribution in [1.82, 2.24) is 5.43 Å². The Bertz CT molecular complexity index is 1250. The van der Waals surface area contributed by atoms with Crippen LogP contribution in [0.15, 0.2) is 65.6 Å². The fourth-order valence-corrected chi connectivity index (χ4v) is 4.77. The average Bonchev–Trinajstić information content (AvgIpc) is 3.12. The van der Waals surface area contributed by atoms with Gasteiger partial charge in [-0.3, -0.25) is 4.79 Å². The van der Waals surface area contributed by atoms with Gasteiger partial charge in [-0.05, 0) is 42.0 Å². The van der Waals surface area contributed by atoms with Gasteiger partial charge in [0.1, 0.15) is 16.5 Å². The van der Waals surface area contributed by atoms with E-state index in [1.807, 2.05) is 0 Å². The summed E-state index contributed by atoms with van der Waals surface area (Å²) in [6.45, 7) is 0.191. The first-order valence-electron chi connectivity index (χ1n) is 8.70. The van der Waals surface area contributed by atoms with Crippen molar-refractivity contribution in [2.45, 2.75) is 11.4 Å². The highest BCUT2D eigenvalue weighted by molar-refractivity contribution is 7.92. The third-order valence-corrected chi connectivity index (χ3v) is 6.53. The number of carbonyl (C=O) groups is 1. The van der Waals surface area contributed by atoms with E-state index < -0.39 is 32.5 Å². The molecule has 0 aliphatic carbocycles. The van der Waals surface area contributed by atoms with Gasteiger partial charge in [0, 0.05) is 12.2 Å². The number of benzene rings is 3. The second-order valence-corrected chi connectivity index (χ2v) is 8.59. The number of sulfonamides is 1. The van der Waals surface area contributed by atoms with E-state index in [-0.39, 0.29) is 28.5 Å². The molecule has 0 bridgehead atoms. The van der Waals surface area contributed by atoms with Crippen molar-refractivity contribution in [3.8, 4) is 0 Å². The van der Waals surface area contributed by atoms with Crippen LogP contribution < -0.4 is 15.2 Å². The Morgan fingerprint density at radius 2 is 1.77 bits per heavy atom. The number of anilines is 2. The summed E-state index contributed by atoms with van der Waals surface area (Å²) < 4.78 is 54.8. The molecule has 0 unspecified atom stereocenters. The topological polar surface area (TPSA) is 78.5 Å². The Morgan fingerprint density at radius 3 is 2.50 bits per heavy atom. The molecule has 0 spiro atoms. The molecular formula is C20H14ClF2N3O3S. The number of hydrazine groups is 1. The lowest BCUT2D eigenvalue weighted by Crippen LogP contribution is -2.38. The van der Waals surface area contributed by atoms with E-state index in [2.05, 4.69) is 10.7 Å². The third-order valence-electron chi connectivity index (χ3n) is 4.52. The second-order valence-electron chi connectivity index (χ2n) is 6.43. The summed E-state index contributed by atoms with van der Waals surface area (Å²) in [6.07, 6.45) is 0. The highest BCUT2D eigenvalue weighted by atomic mass is 35.5. The SMILES string of the molecule is O=C(Nc1ccc2c(c1)N(S(=O)(=O)c1ccccc1F)NC2)c1c(F)cccc1Cl. The number of rotatable bonds is 4. The molecule has 30 heavy (non-hydrogen) atoms. The molecule has 10 heteroatoms. The fraction of sp³-hybridized carbons (Fsp3) is 0.0500. The quantitative estimate of drug-likeness (QED) is 0.629. The minimum absolute atomic E-state index is 0.0564. The van der Waals surface area contributed by atoms with E-state index in [1.165, 1.54) is 30.3 Å². The molecule has 0 saturated heterocycles. The molecule has 1 aliphatic rings. The summed E-state index contributed by atoms with van der Waals surface area (Å²) in [5, 5.41) is 2.45. The molecule has 4 rings (SSSR count). The van der Waals surface area contributed by atoms with Crippen LogP contribution in [-0.2, 0) is 16.6 Å². The van der Waals surface area contributed by atoms with Gasteiger partial charge in [-0.25, -0.2) is 14.2 Å².